The molecule has 2 N–H and O–H groups in total. The molecule has 2 aromatic carbocycles. The van der Waals surface area contributed by atoms with Crippen LogP contribution in [0.1, 0.15) is 30.7 Å². The minimum Gasteiger partial charge on any atom is -0.490 e. The first-order valence-corrected chi connectivity index (χ1v) is 12.2. The number of halogens is 4. The highest BCUT2D eigenvalue weighted by atomic mass is 79.9. The Hall–Kier alpha value is -3.12. The van der Waals surface area contributed by atoms with E-state index in [9.17, 15) is 18.0 Å². The molecule has 0 unspecified atom stereocenters. The smallest absolute Gasteiger partial charge is 0.416 e. The van der Waals surface area contributed by atoms with Gasteiger partial charge in [-0.2, -0.15) is 18.3 Å². The van der Waals surface area contributed by atoms with Crippen LogP contribution in [0.3, 0.4) is 0 Å². The van der Waals surface area contributed by atoms with Crippen molar-refractivity contribution in [2.24, 2.45) is 5.10 Å². The molecule has 0 saturated carbocycles. The first kappa shape index (κ1) is 26.5. The minimum atomic E-state index is -4.43. The number of ether oxygens (including phenoxy) is 2. The molecule has 186 valence electrons. The number of nitrogens with zero attached hydrogens (tertiary/aromatic N) is 2. The molecule has 7 nitrogen and oxygen atoms in total. The van der Waals surface area contributed by atoms with E-state index in [-0.39, 0.29) is 12.1 Å². The minimum absolute atomic E-state index is 0.0489. The Morgan fingerprint density at radius 3 is 2.57 bits per heavy atom. The van der Waals surface area contributed by atoms with Crippen LogP contribution in [-0.2, 0) is 17.4 Å². The van der Waals surface area contributed by atoms with Gasteiger partial charge in [0.2, 0.25) is 5.91 Å². The summed E-state index contributed by atoms with van der Waals surface area (Å²) in [7, 11) is 0. The lowest BCUT2D eigenvalue weighted by molar-refractivity contribution is -0.137. The molecule has 1 heterocycles. The van der Waals surface area contributed by atoms with Gasteiger partial charge in [0.15, 0.2) is 16.6 Å². The van der Waals surface area contributed by atoms with Gasteiger partial charge >= 0.3 is 6.18 Å². The van der Waals surface area contributed by atoms with Crippen molar-refractivity contribution in [3.05, 3.63) is 63.1 Å². The Morgan fingerprint density at radius 1 is 1.17 bits per heavy atom. The Labute approximate surface area is 212 Å². The molecule has 1 aromatic heterocycles. The second-order valence-electron chi connectivity index (χ2n) is 7.00. The van der Waals surface area contributed by atoms with Crippen LogP contribution in [0.4, 0.5) is 24.0 Å². The van der Waals surface area contributed by atoms with Gasteiger partial charge in [-0.15, -0.1) is 11.3 Å². The van der Waals surface area contributed by atoms with Crippen molar-refractivity contribution in [2.45, 2.75) is 26.4 Å². The number of hydrogen-bond acceptors (Lipinski definition) is 7. The maximum Gasteiger partial charge on any atom is 0.416 e. The molecule has 35 heavy (non-hydrogen) atoms. The summed E-state index contributed by atoms with van der Waals surface area (Å²) >= 11 is 4.63. The number of thiazole rings is 1. The number of anilines is 2. The summed E-state index contributed by atoms with van der Waals surface area (Å²) in [5, 5.41) is 8.84. The van der Waals surface area contributed by atoms with Crippen LogP contribution in [0.2, 0.25) is 0 Å². The zero-order valence-electron chi connectivity index (χ0n) is 18.8. The van der Waals surface area contributed by atoms with Gasteiger partial charge in [-0.1, -0.05) is 6.07 Å². The standard InChI is InChI=1S/C23H22BrF3N4O3S/c1-3-33-19-8-14(18(24)11-20(19)34-4-2)12-28-31-21(32)10-17-13-35-22(30-17)29-16-7-5-6-15(9-16)23(25,26)27/h5-9,11-13H,3-4,10H2,1-2H3,(H,29,30)(H,31,32)/b28-12-. The molecule has 0 fully saturated rings. The topological polar surface area (TPSA) is 84.8 Å². The van der Waals surface area contributed by atoms with Crippen LogP contribution in [0.15, 0.2) is 51.4 Å². The number of aromatic nitrogens is 1. The van der Waals surface area contributed by atoms with E-state index < -0.39 is 17.6 Å². The average Bonchev–Trinajstić information content (AvgIpc) is 3.23. The molecule has 0 radical (unpaired) electrons. The Morgan fingerprint density at radius 2 is 1.89 bits per heavy atom. The SMILES string of the molecule is CCOc1cc(Br)c(/C=N\NC(=O)Cc2csc(Nc3cccc(C(F)(F)F)c3)n2)cc1OCC. The Kier molecular flexibility index (Phi) is 9.10. The van der Waals surface area contributed by atoms with E-state index in [4.69, 9.17) is 9.47 Å². The van der Waals surface area contributed by atoms with Crippen LogP contribution in [0, 0.1) is 0 Å². The fourth-order valence-electron chi connectivity index (χ4n) is 2.91. The maximum absolute atomic E-state index is 12.9. The van der Waals surface area contributed by atoms with Gasteiger partial charge in [-0.25, -0.2) is 10.4 Å². The number of carbonyl (C=O) groups is 1. The summed E-state index contributed by atoms with van der Waals surface area (Å²) in [6, 6.07) is 8.33. The Balaban J connectivity index is 1.59. The molecule has 0 bridgehead atoms. The van der Waals surface area contributed by atoms with E-state index in [1.165, 1.54) is 29.7 Å². The van der Waals surface area contributed by atoms with Crippen LogP contribution in [0.25, 0.3) is 0 Å². The van der Waals surface area contributed by atoms with Crippen LogP contribution >= 0.6 is 27.3 Å². The number of hydrazone groups is 1. The summed E-state index contributed by atoms with van der Waals surface area (Å²) in [6.07, 6.45) is -3.01. The molecule has 0 spiro atoms. The van der Waals surface area contributed by atoms with E-state index in [1.807, 2.05) is 13.8 Å². The molecular weight excluding hydrogens is 549 g/mol. The number of alkyl halides is 3. The van der Waals surface area contributed by atoms with Crippen molar-refractivity contribution in [1.29, 1.82) is 0 Å². The van der Waals surface area contributed by atoms with Crippen LogP contribution < -0.4 is 20.2 Å². The maximum atomic E-state index is 12.9. The fourth-order valence-corrected chi connectivity index (χ4v) is 4.06. The average molecular weight is 571 g/mol. The van der Waals surface area contributed by atoms with E-state index in [2.05, 4.69) is 36.8 Å². The predicted molar refractivity (Wildman–Crippen MR) is 133 cm³/mol. The van der Waals surface area contributed by atoms with E-state index in [0.717, 1.165) is 12.1 Å². The van der Waals surface area contributed by atoms with E-state index in [1.54, 1.807) is 17.5 Å². The molecule has 0 aliphatic rings. The summed E-state index contributed by atoms with van der Waals surface area (Å²) in [4.78, 5) is 16.5. The molecule has 0 aliphatic carbocycles. The zero-order chi connectivity index (χ0) is 25.4. The van der Waals surface area contributed by atoms with Gasteiger partial charge in [-0.05, 0) is 60.1 Å². The number of rotatable bonds is 10. The van der Waals surface area contributed by atoms with Crippen molar-refractivity contribution in [1.82, 2.24) is 10.4 Å². The third kappa shape index (κ3) is 7.69. The number of benzene rings is 2. The molecule has 3 rings (SSSR count). The van der Waals surface area contributed by atoms with Gasteiger partial charge in [0.1, 0.15) is 0 Å². The van der Waals surface area contributed by atoms with Crippen LogP contribution in [-0.4, -0.2) is 30.3 Å². The van der Waals surface area contributed by atoms with Gasteiger partial charge in [-0.3, -0.25) is 4.79 Å². The van der Waals surface area contributed by atoms with Crippen molar-refractivity contribution in [2.75, 3.05) is 18.5 Å². The number of amides is 1. The quantitative estimate of drug-likeness (QED) is 0.225. The van der Waals surface area contributed by atoms with Crippen molar-refractivity contribution >= 4 is 50.2 Å². The summed E-state index contributed by atoms with van der Waals surface area (Å²) in [6.45, 7) is 4.70. The number of nitrogens with one attached hydrogen (secondary N) is 2. The van der Waals surface area contributed by atoms with Gasteiger partial charge in [0, 0.05) is 21.1 Å². The summed E-state index contributed by atoms with van der Waals surface area (Å²) in [5.74, 6) is 0.762. The third-order valence-electron chi connectivity index (χ3n) is 4.39. The first-order valence-electron chi connectivity index (χ1n) is 10.5. The summed E-state index contributed by atoms with van der Waals surface area (Å²) < 4.78 is 50.5. The second-order valence-corrected chi connectivity index (χ2v) is 8.72. The molecule has 0 atom stereocenters. The molecule has 12 heteroatoms. The molecule has 0 saturated heterocycles. The highest BCUT2D eigenvalue weighted by Crippen LogP contribution is 2.33. The first-order chi connectivity index (χ1) is 16.7. The lowest BCUT2D eigenvalue weighted by atomic mass is 10.2. The lowest BCUT2D eigenvalue weighted by Gasteiger charge is -2.12. The molecule has 1 amide bonds. The van der Waals surface area contributed by atoms with E-state index in [0.29, 0.717) is 45.6 Å². The molecular formula is C23H22BrF3N4O3S. The second kappa shape index (κ2) is 12.0. The van der Waals surface area contributed by atoms with Crippen LogP contribution in [0.5, 0.6) is 11.5 Å². The van der Waals surface area contributed by atoms with Gasteiger partial charge < -0.3 is 14.8 Å². The number of hydrogen-bond donors (Lipinski definition) is 2. The number of carbonyl (C=O) groups excluding carboxylic acids is 1. The third-order valence-corrected chi connectivity index (χ3v) is 5.88. The highest BCUT2D eigenvalue weighted by Gasteiger charge is 2.30. The lowest BCUT2D eigenvalue weighted by Crippen LogP contribution is -2.20. The van der Waals surface area contributed by atoms with Crippen molar-refractivity contribution < 1.29 is 27.4 Å². The van der Waals surface area contributed by atoms with Crippen molar-refractivity contribution in [3.63, 3.8) is 0 Å². The molecule has 0 aliphatic heterocycles. The van der Waals surface area contributed by atoms with E-state index >= 15 is 0 Å². The summed E-state index contributed by atoms with van der Waals surface area (Å²) in [5.41, 5.74) is 3.07. The largest absolute Gasteiger partial charge is 0.490 e. The van der Waals surface area contributed by atoms with Crippen molar-refractivity contribution in [3.8, 4) is 11.5 Å². The molecule has 3 aromatic rings. The monoisotopic (exact) mass is 570 g/mol. The normalized spacial score (nSPS) is 11.5. The fraction of sp³-hybridized carbons (Fsp3) is 0.261. The highest BCUT2D eigenvalue weighted by molar-refractivity contribution is 9.10. The van der Waals surface area contributed by atoms with Gasteiger partial charge in [0.25, 0.3) is 0 Å². The predicted octanol–water partition coefficient (Wildman–Crippen LogP) is 6.16. The Bertz CT molecular complexity index is 1200. The zero-order valence-corrected chi connectivity index (χ0v) is 21.2. The van der Waals surface area contributed by atoms with Gasteiger partial charge in [0.05, 0.1) is 37.1 Å².